The first-order chi connectivity index (χ1) is 5.74. The molecule has 0 saturated heterocycles. The Morgan fingerprint density at radius 1 is 1.50 bits per heavy atom. The van der Waals surface area contributed by atoms with Crippen LogP contribution in [0.25, 0.3) is 0 Å². The summed E-state index contributed by atoms with van der Waals surface area (Å²) in [6.07, 6.45) is 2.67. The molecular formula is C11H15N. The molecule has 1 atom stereocenters. The Kier molecular flexibility index (Phi) is 3.06. The van der Waals surface area contributed by atoms with Gasteiger partial charge in [0, 0.05) is 6.04 Å². The van der Waals surface area contributed by atoms with E-state index < -0.39 is 0 Å². The third-order valence-corrected chi connectivity index (χ3v) is 2.02. The molecule has 1 unspecified atom stereocenters. The van der Waals surface area contributed by atoms with Gasteiger partial charge in [-0.05, 0) is 24.5 Å². The summed E-state index contributed by atoms with van der Waals surface area (Å²) < 4.78 is 0. The van der Waals surface area contributed by atoms with Crippen LogP contribution in [0.5, 0.6) is 0 Å². The molecule has 12 heavy (non-hydrogen) atoms. The van der Waals surface area contributed by atoms with Crippen molar-refractivity contribution in [1.82, 2.24) is 0 Å². The fraction of sp³-hybridized carbons (Fsp3) is 0.273. The van der Waals surface area contributed by atoms with Gasteiger partial charge in [0.1, 0.15) is 0 Å². The second-order valence-electron chi connectivity index (χ2n) is 3.03. The number of hydrogen-bond donors (Lipinski definition) is 1. The number of benzene rings is 1. The molecule has 0 aliphatic carbocycles. The van der Waals surface area contributed by atoms with Gasteiger partial charge in [0.25, 0.3) is 0 Å². The molecule has 0 aromatic heterocycles. The maximum Gasteiger partial charge on any atom is 0.0262 e. The Balaban J connectivity index is 2.75. The van der Waals surface area contributed by atoms with Crippen LogP contribution in [0.4, 0.5) is 0 Å². The molecule has 0 saturated carbocycles. The molecule has 0 aliphatic rings. The van der Waals surface area contributed by atoms with E-state index in [2.05, 4.69) is 25.6 Å². The monoisotopic (exact) mass is 161 g/mol. The topological polar surface area (TPSA) is 26.0 Å². The quantitative estimate of drug-likeness (QED) is 0.675. The van der Waals surface area contributed by atoms with Crippen molar-refractivity contribution in [1.29, 1.82) is 0 Å². The van der Waals surface area contributed by atoms with E-state index in [1.165, 1.54) is 11.1 Å². The maximum atomic E-state index is 5.76. The zero-order valence-electron chi connectivity index (χ0n) is 7.46. The van der Waals surface area contributed by atoms with E-state index >= 15 is 0 Å². The SMILES string of the molecule is C=CC(N)Cc1ccccc1C. The van der Waals surface area contributed by atoms with Gasteiger partial charge in [0.15, 0.2) is 0 Å². The predicted octanol–water partition coefficient (Wildman–Crippen LogP) is 2.05. The van der Waals surface area contributed by atoms with Gasteiger partial charge in [-0.1, -0.05) is 30.3 Å². The second kappa shape index (κ2) is 4.07. The minimum absolute atomic E-state index is 0.0751. The molecule has 0 bridgehead atoms. The first-order valence-corrected chi connectivity index (χ1v) is 4.16. The first kappa shape index (κ1) is 9.01. The van der Waals surface area contributed by atoms with Crippen LogP contribution >= 0.6 is 0 Å². The van der Waals surface area contributed by atoms with Gasteiger partial charge in [-0.2, -0.15) is 0 Å². The van der Waals surface area contributed by atoms with Crippen LogP contribution in [0.1, 0.15) is 11.1 Å². The van der Waals surface area contributed by atoms with E-state index in [1.807, 2.05) is 12.1 Å². The summed E-state index contributed by atoms with van der Waals surface area (Å²) in [5.41, 5.74) is 8.37. The molecule has 64 valence electrons. The molecule has 0 radical (unpaired) electrons. The van der Waals surface area contributed by atoms with Gasteiger partial charge >= 0.3 is 0 Å². The van der Waals surface area contributed by atoms with Crippen LogP contribution in [-0.4, -0.2) is 6.04 Å². The normalized spacial score (nSPS) is 12.5. The summed E-state index contributed by atoms with van der Waals surface area (Å²) in [6.45, 7) is 5.76. The highest BCUT2D eigenvalue weighted by atomic mass is 14.6. The van der Waals surface area contributed by atoms with E-state index in [1.54, 1.807) is 6.08 Å². The molecular weight excluding hydrogens is 146 g/mol. The minimum Gasteiger partial charge on any atom is -0.324 e. The van der Waals surface area contributed by atoms with Crippen molar-refractivity contribution in [2.75, 3.05) is 0 Å². The Morgan fingerprint density at radius 2 is 2.17 bits per heavy atom. The highest BCUT2D eigenvalue weighted by molar-refractivity contribution is 5.26. The van der Waals surface area contributed by atoms with Crippen molar-refractivity contribution in [2.24, 2.45) is 5.73 Å². The van der Waals surface area contributed by atoms with Gasteiger partial charge in [0.2, 0.25) is 0 Å². The number of nitrogens with two attached hydrogens (primary N) is 1. The second-order valence-corrected chi connectivity index (χ2v) is 3.03. The highest BCUT2D eigenvalue weighted by Crippen LogP contribution is 2.08. The summed E-state index contributed by atoms with van der Waals surface area (Å²) >= 11 is 0. The standard InChI is InChI=1S/C11H15N/c1-3-11(12)8-10-7-5-4-6-9(10)2/h3-7,11H,1,8,12H2,2H3. The van der Waals surface area contributed by atoms with E-state index in [-0.39, 0.29) is 6.04 Å². The number of aryl methyl sites for hydroxylation is 1. The summed E-state index contributed by atoms with van der Waals surface area (Å²) in [7, 11) is 0. The third-order valence-electron chi connectivity index (χ3n) is 2.02. The maximum absolute atomic E-state index is 5.76. The molecule has 1 aromatic carbocycles. The molecule has 0 fully saturated rings. The molecule has 2 N–H and O–H groups in total. The lowest BCUT2D eigenvalue weighted by Crippen LogP contribution is -2.19. The summed E-state index contributed by atoms with van der Waals surface area (Å²) in [4.78, 5) is 0. The lowest BCUT2D eigenvalue weighted by atomic mass is 10.0. The molecule has 1 rings (SSSR count). The first-order valence-electron chi connectivity index (χ1n) is 4.16. The third kappa shape index (κ3) is 2.21. The minimum atomic E-state index is 0.0751. The van der Waals surface area contributed by atoms with E-state index in [0.717, 1.165) is 6.42 Å². The van der Waals surface area contributed by atoms with Crippen LogP contribution in [-0.2, 0) is 6.42 Å². The van der Waals surface area contributed by atoms with Crippen LogP contribution in [0.2, 0.25) is 0 Å². The van der Waals surface area contributed by atoms with Crippen molar-refractivity contribution in [3.63, 3.8) is 0 Å². The fourth-order valence-corrected chi connectivity index (χ4v) is 1.18. The van der Waals surface area contributed by atoms with Crippen molar-refractivity contribution >= 4 is 0 Å². The fourth-order valence-electron chi connectivity index (χ4n) is 1.18. The number of rotatable bonds is 3. The van der Waals surface area contributed by atoms with Crippen LogP contribution in [0.15, 0.2) is 36.9 Å². The Hall–Kier alpha value is -1.08. The van der Waals surface area contributed by atoms with Crippen LogP contribution < -0.4 is 5.73 Å². The largest absolute Gasteiger partial charge is 0.324 e. The van der Waals surface area contributed by atoms with E-state index in [9.17, 15) is 0 Å². The van der Waals surface area contributed by atoms with Crippen molar-refractivity contribution in [3.05, 3.63) is 48.0 Å². The van der Waals surface area contributed by atoms with Gasteiger partial charge in [-0.25, -0.2) is 0 Å². The Bertz CT molecular complexity index is 265. The van der Waals surface area contributed by atoms with Gasteiger partial charge in [-0.3, -0.25) is 0 Å². The molecule has 1 nitrogen and oxygen atoms in total. The van der Waals surface area contributed by atoms with Crippen molar-refractivity contribution in [3.8, 4) is 0 Å². The summed E-state index contributed by atoms with van der Waals surface area (Å²) in [5, 5.41) is 0. The van der Waals surface area contributed by atoms with E-state index in [4.69, 9.17) is 5.73 Å². The summed E-state index contributed by atoms with van der Waals surface area (Å²) in [5.74, 6) is 0. The zero-order valence-corrected chi connectivity index (χ0v) is 7.46. The molecule has 1 heteroatoms. The average Bonchev–Trinajstić information content (AvgIpc) is 2.09. The van der Waals surface area contributed by atoms with E-state index in [0.29, 0.717) is 0 Å². The Morgan fingerprint density at radius 3 is 2.75 bits per heavy atom. The molecule has 0 amide bonds. The predicted molar refractivity (Wildman–Crippen MR) is 53.1 cm³/mol. The average molecular weight is 161 g/mol. The highest BCUT2D eigenvalue weighted by Gasteiger charge is 2.00. The van der Waals surface area contributed by atoms with Crippen LogP contribution in [0, 0.1) is 6.92 Å². The smallest absolute Gasteiger partial charge is 0.0262 e. The summed E-state index contributed by atoms with van der Waals surface area (Å²) in [6, 6.07) is 8.37. The van der Waals surface area contributed by atoms with Gasteiger partial charge in [-0.15, -0.1) is 6.58 Å². The molecule has 0 heterocycles. The van der Waals surface area contributed by atoms with Gasteiger partial charge < -0.3 is 5.73 Å². The lowest BCUT2D eigenvalue weighted by molar-refractivity contribution is 0.807. The zero-order chi connectivity index (χ0) is 8.97. The number of hydrogen-bond acceptors (Lipinski definition) is 1. The Labute approximate surface area is 73.9 Å². The van der Waals surface area contributed by atoms with Gasteiger partial charge in [0.05, 0.1) is 0 Å². The van der Waals surface area contributed by atoms with Crippen LogP contribution in [0.3, 0.4) is 0 Å². The molecule has 0 spiro atoms. The molecule has 0 aliphatic heterocycles. The molecule has 1 aromatic rings. The van der Waals surface area contributed by atoms with Crippen molar-refractivity contribution in [2.45, 2.75) is 19.4 Å². The van der Waals surface area contributed by atoms with Crippen molar-refractivity contribution < 1.29 is 0 Å². The lowest BCUT2D eigenvalue weighted by Gasteiger charge is -2.08.